The molecule has 1 aliphatic carbocycles. The maximum absolute atomic E-state index is 9.26. The summed E-state index contributed by atoms with van der Waals surface area (Å²) in [6, 6.07) is 2.40. The first-order valence-electron chi connectivity index (χ1n) is 5.74. The topological polar surface area (TPSA) is 74.7 Å². The molecule has 0 aromatic carbocycles. The molecule has 0 saturated heterocycles. The number of aromatic nitrogens is 2. The third kappa shape index (κ3) is 2.79. The van der Waals surface area contributed by atoms with E-state index in [-0.39, 0.29) is 5.54 Å². The van der Waals surface area contributed by atoms with Gasteiger partial charge in [0.15, 0.2) is 0 Å². The number of hydrogen-bond acceptors (Lipinski definition) is 6. The highest BCUT2D eigenvalue weighted by atomic mass is 32.2. The van der Waals surface area contributed by atoms with Crippen molar-refractivity contribution in [3.05, 3.63) is 5.89 Å². The summed E-state index contributed by atoms with van der Waals surface area (Å²) in [5.74, 6) is 0.587. The van der Waals surface area contributed by atoms with Crippen LogP contribution in [0.3, 0.4) is 0 Å². The Morgan fingerprint density at radius 2 is 2.41 bits per heavy atom. The molecule has 5 nitrogen and oxygen atoms in total. The minimum absolute atomic E-state index is 0.371. The average Bonchev–Trinajstić information content (AvgIpc) is 2.75. The van der Waals surface area contributed by atoms with E-state index in [0.29, 0.717) is 16.4 Å². The third-order valence-corrected chi connectivity index (χ3v) is 4.28. The standard InChI is InChI=1S/C11H16N4OS/c1-8-14-15-10(16-8)17-9-4-3-5-11(6-9,7-12)13-2/h9,13H,3-6H2,1-2H3. The second-order valence-corrected chi connectivity index (χ2v) is 5.62. The molecule has 0 radical (unpaired) electrons. The molecule has 2 unspecified atom stereocenters. The van der Waals surface area contributed by atoms with Crippen LogP contribution in [0.25, 0.3) is 0 Å². The number of nitriles is 1. The molecule has 0 aliphatic heterocycles. The summed E-state index contributed by atoms with van der Waals surface area (Å²) in [6.45, 7) is 1.78. The van der Waals surface area contributed by atoms with Crippen LogP contribution in [0.4, 0.5) is 0 Å². The van der Waals surface area contributed by atoms with Gasteiger partial charge in [-0.2, -0.15) is 5.26 Å². The van der Waals surface area contributed by atoms with Crippen LogP contribution in [0.1, 0.15) is 31.6 Å². The zero-order valence-electron chi connectivity index (χ0n) is 10.1. The lowest BCUT2D eigenvalue weighted by molar-refractivity contribution is 0.321. The Morgan fingerprint density at radius 3 is 3.00 bits per heavy atom. The van der Waals surface area contributed by atoms with Crippen LogP contribution in [-0.2, 0) is 0 Å². The van der Waals surface area contributed by atoms with Crippen molar-refractivity contribution in [2.75, 3.05) is 7.05 Å². The molecule has 1 aliphatic rings. The van der Waals surface area contributed by atoms with Gasteiger partial charge < -0.3 is 9.73 Å². The molecule has 1 heterocycles. The van der Waals surface area contributed by atoms with E-state index in [1.54, 1.807) is 18.7 Å². The van der Waals surface area contributed by atoms with Crippen LogP contribution in [0.2, 0.25) is 0 Å². The summed E-state index contributed by atoms with van der Waals surface area (Å²) >= 11 is 1.59. The van der Waals surface area contributed by atoms with Gasteiger partial charge in [-0.25, -0.2) is 0 Å². The van der Waals surface area contributed by atoms with Crippen LogP contribution in [0.15, 0.2) is 9.64 Å². The maximum Gasteiger partial charge on any atom is 0.276 e. The molecule has 0 spiro atoms. The van der Waals surface area contributed by atoms with E-state index >= 15 is 0 Å². The fourth-order valence-electron chi connectivity index (χ4n) is 2.18. The number of rotatable bonds is 3. The van der Waals surface area contributed by atoms with Gasteiger partial charge in [-0.05, 0) is 32.7 Å². The first kappa shape index (κ1) is 12.4. The molecular weight excluding hydrogens is 236 g/mol. The quantitative estimate of drug-likeness (QED) is 0.885. The van der Waals surface area contributed by atoms with Crippen molar-refractivity contribution in [3.8, 4) is 6.07 Å². The van der Waals surface area contributed by atoms with Crippen molar-refractivity contribution >= 4 is 11.8 Å². The van der Waals surface area contributed by atoms with Gasteiger partial charge in [0.25, 0.3) is 5.22 Å². The second-order valence-electron chi connectivity index (χ2n) is 4.37. The van der Waals surface area contributed by atoms with Crippen LogP contribution in [-0.4, -0.2) is 28.0 Å². The van der Waals surface area contributed by atoms with E-state index in [1.165, 1.54) is 0 Å². The van der Waals surface area contributed by atoms with Crippen molar-refractivity contribution in [2.24, 2.45) is 0 Å². The van der Waals surface area contributed by atoms with Crippen molar-refractivity contribution in [1.82, 2.24) is 15.5 Å². The molecule has 1 fully saturated rings. The molecule has 0 bridgehead atoms. The molecular formula is C11H16N4OS. The van der Waals surface area contributed by atoms with Gasteiger partial charge in [-0.3, -0.25) is 0 Å². The highest BCUT2D eigenvalue weighted by molar-refractivity contribution is 7.99. The summed E-state index contributed by atoms with van der Waals surface area (Å²) < 4.78 is 5.36. The number of nitrogens with zero attached hydrogens (tertiary/aromatic N) is 3. The van der Waals surface area contributed by atoms with Crippen molar-refractivity contribution < 1.29 is 4.42 Å². The summed E-state index contributed by atoms with van der Waals surface area (Å²) in [6.07, 6.45) is 3.89. The number of nitrogens with one attached hydrogen (secondary N) is 1. The zero-order valence-corrected chi connectivity index (χ0v) is 10.9. The molecule has 6 heteroatoms. The Bertz CT molecular complexity index is 427. The Morgan fingerprint density at radius 1 is 1.59 bits per heavy atom. The highest BCUT2D eigenvalue weighted by Gasteiger charge is 2.36. The molecule has 1 saturated carbocycles. The van der Waals surface area contributed by atoms with E-state index in [9.17, 15) is 5.26 Å². The summed E-state index contributed by atoms with van der Waals surface area (Å²) in [5, 5.41) is 21.2. The Kier molecular flexibility index (Phi) is 3.69. The lowest BCUT2D eigenvalue weighted by Crippen LogP contribution is -2.46. The molecule has 1 N–H and O–H groups in total. The van der Waals surface area contributed by atoms with Gasteiger partial charge in [-0.1, -0.05) is 11.8 Å². The number of hydrogen-bond donors (Lipinski definition) is 1. The molecule has 17 heavy (non-hydrogen) atoms. The Balaban J connectivity index is 2.01. The van der Waals surface area contributed by atoms with Crippen LogP contribution in [0.5, 0.6) is 0 Å². The minimum Gasteiger partial charge on any atom is -0.416 e. The average molecular weight is 252 g/mol. The molecule has 1 aromatic rings. The van der Waals surface area contributed by atoms with Crippen LogP contribution < -0.4 is 5.32 Å². The Hall–Kier alpha value is -1.06. The van der Waals surface area contributed by atoms with Crippen molar-refractivity contribution in [3.63, 3.8) is 0 Å². The lowest BCUT2D eigenvalue weighted by Gasteiger charge is -2.34. The van der Waals surface area contributed by atoms with E-state index in [2.05, 4.69) is 21.6 Å². The van der Waals surface area contributed by atoms with Crippen LogP contribution >= 0.6 is 11.8 Å². The van der Waals surface area contributed by atoms with Gasteiger partial charge in [0.2, 0.25) is 5.89 Å². The minimum atomic E-state index is -0.384. The second kappa shape index (κ2) is 5.07. The van der Waals surface area contributed by atoms with Crippen molar-refractivity contribution in [2.45, 2.75) is 48.6 Å². The molecule has 2 rings (SSSR count). The largest absolute Gasteiger partial charge is 0.416 e. The molecule has 2 atom stereocenters. The lowest BCUT2D eigenvalue weighted by atomic mass is 9.83. The van der Waals surface area contributed by atoms with Gasteiger partial charge in [-0.15, -0.1) is 10.2 Å². The summed E-state index contributed by atoms with van der Waals surface area (Å²) in [5.41, 5.74) is -0.384. The monoisotopic (exact) mass is 252 g/mol. The fraction of sp³-hybridized carbons (Fsp3) is 0.727. The van der Waals surface area contributed by atoms with E-state index < -0.39 is 0 Å². The first-order valence-corrected chi connectivity index (χ1v) is 6.62. The zero-order chi connectivity index (χ0) is 12.3. The third-order valence-electron chi connectivity index (χ3n) is 3.17. The molecule has 1 aromatic heterocycles. The van der Waals surface area contributed by atoms with Gasteiger partial charge in [0.05, 0.1) is 6.07 Å². The Labute approximate surface area is 105 Å². The number of aryl methyl sites for hydroxylation is 1. The predicted octanol–water partition coefficient (Wildman–Crippen LogP) is 1.89. The van der Waals surface area contributed by atoms with Gasteiger partial charge in [0.1, 0.15) is 5.54 Å². The molecule has 92 valence electrons. The molecule has 0 amide bonds. The fourth-order valence-corrected chi connectivity index (χ4v) is 3.37. The predicted molar refractivity (Wildman–Crippen MR) is 64.6 cm³/mol. The summed E-state index contributed by atoms with van der Waals surface area (Å²) in [4.78, 5) is 0. The smallest absolute Gasteiger partial charge is 0.276 e. The van der Waals surface area contributed by atoms with Crippen molar-refractivity contribution in [1.29, 1.82) is 5.26 Å². The SMILES string of the molecule is CNC1(C#N)CCCC(Sc2nnc(C)o2)C1. The number of thioether (sulfide) groups is 1. The maximum atomic E-state index is 9.26. The van der Waals surface area contributed by atoms with E-state index in [4.69, 9.17) is 4.42 Å². The highest BCUT2D eigenvalue weighted by Crippen LogP contribution is 2.37. The summed E-state index contributed by atoms with van der Waals surface area (Å²) in [7, 11) is 1.85. The van der Waals surface area contributed by atoms with Gasteiger partial charge >= 0.3 is 0 Å². The normalized spacial score (nSPS) is 28.9. The van der Waals surface area contributed by atoms with Crippen LogP contribution in [0, 0.1) is 18.3 Å². The van der Waals surface area contributed by atoms with E-state index in [1.807, 2.05) is 7.05 Å². The first-order chi connectivity index (χ1) is 8.17. The van der Waals surface area contributed by atoms with E-state index in [0.717, 1.165) is 25.7 Å². The van der Waals surface area contributed by atoms with Gasteiger partial charge in [0, 0.05) is 12.2 Å².